The molecule has 2 N–H and O–H groups in total. The number of hydrogen-bond acceptors (Lipinski definition) is 4. The third kappa shape index (κ3) is 5.48. The van der Waals surface area contributed by atoms with Crippen LogP contribution in [0.2, 0.25) is 0 Å². The fourth-order valence-corrected chi connectivity index (χ4v) is 2.77. The third-order valence-corrected chi connectivity index (χ3v) is 4.43. The summed E-state index contributed by atoms with van der Waals surface area (Å²) in [6.07, 6.45) is -0.781. The summed E-state index contributed by atoms with van der Waals surface area (Å²) in [6.45, 7) is 5.26. The number of aryl methyl sites for hydroxylation is 2. The average Bonchev–Trinajstić information content (AvgIpc) is 2.72. The molecule has 3 rings (SSSR count). The van der Waals surface area contributed by atoms with Crippen LogP contribution in [0.1, 0.15) is 18.1 Å². The van der Waals surface area contributed by atoms with E-state index in [0.29, 0.717) is 11.5 Å². The number of rotatable bonds is 6. The van der Waals surface area contributed by atoms with Crippen molar-refractivity contribution in [2.24, 2.45) is 0 Å². The molecular weight excluding hydrogens is 368 g/mol. The van der Waals surface area contributed by atoms with Gasteiger partial charge in [-0.1, -0.05) is 42.5 Å². The molecule has 1 unspecified atom stereocenters. The quantitative estimate of drug-likeness (QED) is 0.630. The van der Waals surface area contributed by atoms with Crippen molar-refractivity contribution in [2.75, 3.05) is 6.61 Å². The normalized spacial score (nSPS) is 11.6. The lowest BCUT2D eigenvalue weighted by atomic mass is 10.1. The number of nitrogens with one attached hydrogen (secondary N) is 2. The molecule has 0 saturated carbocycles. The molecule has 0 heterocycles. The molecule has 3 aromatic rings. The second kappa shape index (κ2) is 9.10. The van der Waals surface area contributed by atoms with Crippen molar-refractivity contribution in [1.29, 1.82) is 0 Å². The third-order valence-electron chi connectivity index (χ3n) is 4.43. The number of amides is 2. The van der Waals surface area contributed by atoms with Gasteiger partial charge in [0.05, 0.1) is 0 Å². The first-order chi connectivity index (χ1) is 13.9. The van der Waals surface area contributed by atoms with Crippen molar-refractivity contribution >= 4 is 22.6 Å². The maximum atomic E-state index is 12.2. The first-order valence-corrected chi connectivity index (χ1v) is 9.36. The van der Waals surface area contributed by atoms with E-state index in [1.165, 1.54) is 0 Å². The topological polar surface area (TPSA) is 76.7 Å². The van der Waals surface area contributed by atoms with Crippen LogP contribution in [-0.4, -0.2) is 24.5 Å². The predicted octanol–water partition coefficient (Wildman–Crippen LogP) is 3.45. The Bertz CT molecular complexity index is 1030. The number of carbonyl (C=O) groups excluding carboxylic acids is 2. The van der Waals surface area contributed by atoms with Crippen LogP contribution >= 0.6 is 0 Å². The summed E-state index contributed by atoms with van der Waals surface area (Å²) in [6, 6.07) is 19.3. The second-order valence-corrected chi connectivity index (χ2v) is 6.86. The van der Waals surface area contributed by atoms with Gasteiger partial charge in [-0.05, 0) is 60.9 Å². The van der Waals surface area contributed by atoms with Crippen LogP contribution in [0, 0.1) is 13.8 Å². The van der Waals surface area contributed by atoms with Crippen molar-refractivity contribution in [2.45, 2.75) is 26.9 Å². The monoisotopic (exact) mass is 392 g/mol. The van der Waals surface area contributed by atoms with Gasteiger partial charge in [0.2, 0.25) is 0 Å². The summed E-state index contributed by atoms with van der Waals surface area (Å²) < 4.78 is 11.2. The molecule has 0 radical (unpaired) electrons. The van der Waals surface area contributed by atoms with Gasteiger partial charge < -0.3 is 9.47 Å². The molecule has 3 aromatic carbocycles. The standard InChI is InChI=1S/C23H24N2O4/c1-15-8-9-16(2)21(12-15)28-14-22(26)24-25-23(27)17(3)29-20-11-10-18-6-4-5-7-19(18)13-20/h4-13,17H,14H2,1-3H3,(H,24,26)(H,25,27). The molecule has 6 heteroatoms. The highest BCUT2D eigenvalue weighted by Crippen LogP contribution is 2.21. The van der Waals surface area contributed by atoms with Crippen molar-refractivity contribution in [3.63, 3.8) is 0 Å². The maximum Gasteiger partial charge on any atom is 0.279 e. The van der Waals surface area contributed by atoms with E-state index in [1.807, 2.05) is 74.5 Å². The fraction of sp³-hybridized carbons (Fsp3) is 0.217. The number of hydrazine groups is 1. The minimum absolute atomic E-state index is 0.204. The first-order valence-electron chi connectivity index (χ1n) is 9.36. The summed E-state index contributed by atoms with van der Waals surface area (Å²) in [5.41, 5.74) is 6.67. The van der Waals surface area contributed by atoms with Crippen LogP contribution in [0.25, 0.3) is 10.8 Å². The summed E-state index contributed by atoms with van der Waals surface area (Å²) >= 11 is 0. The highest BCUT2D eigenvalue weighted by atomic mass is 16.5. The van der Waals surface area contributed by atoms with Gasteiger partial charge in [-0.2, -0.15) is 0 Å². The molecule has 0 saturated heterocycles. The Morgan fingerprint density at radius 1 is 0.931 bits per heavy atom. The van der Waals surface area contributed by atoms with E-state index in [0.717, 1.165) is 21.9 Å². The molecule has 29 heavy (non-hydrogen) atoms. The van der Waals surface area contributed by atoms with E-state index in [9.17, 15) is 9.59 Å². The summed E-state index contributed by atoms with van der Waals surface area (Å²) in [5, 5.41) is 2.11. The van der Waals surface area contributed by atoms with E-state index in [1.54, 1.807) is 6.92 Å². The Hall–Kier alpha value is -3.54. The minimum atomic E-state index is -0.781. The van der Waals surface area contributed by atoms with Gasteiger partial charge in [-0.25, -0.2) is 0 Å². The van der Waals surface area contributed by atoms with Crippen molar-refractivity contribution in [3.05, 3.63) is 71.8 Å². The number of hydrogen-bond donors (Lipinski definition) is 2. The van der Waals surface area contributed by atoms with Crippen LogP contribution in [0.3, 0.4) is 0 Å². The highest BCUT2D eigenvalue weighted by Gasteiger charge is 2.16. The maximum absolute atomic E-state index is 12.2. The average molecular weight is 392 g/mol. The first kappa shape index (κ1) is 20.2. The fourth-order valence-electron chi connectivity index (χ4n) is 2.77. The summed E-state index contributed by atoms with van der Waals surface area (Å²) in [7, 11) is 0. The van der Waals surface area contributed by atoms with Crippen molar-refractivity contribution in [1.82, 2.24) is 10.9 Å². The number of fused-ring (bicyclic) bond motifs is 1. The molecular formula is C23H24N2O4. The van der Waals surface area contributed by atoms with Gasteiger partial charge in [0.15, 0.2) is 12.7 Å². The largest absolute Gasteiger partial charge is 0.483 e. The molecule has 1 atom stereocenters. The Morgan fingerprint density at radius 2 is 1.69 bits per heavy atom. The molecule has 0 aromatic heterocycles. The number of benzene rings is 3. The molecule has 2 amide bonds. The molecule has 0 aliphatic rings. The van der Waals surface area contributed by atoms with E-state index >= 15 is 0 Å². The Kier molecular flexibility index (Phi) is 6.34. The van der Waals surface area contributed by atoms with Crippen molar-refractivity contribution in [3.8, 4) is 11.5 Å². The van der Waals surface area contributed by atoms with Gasteiger partial charge in [0.25, 0.3) is 11.8 Å². The molecule has 0 fully saturated rings. The van der Waals surface area contributed by atoms with Gasteiger partial charge in [0.1, 0.15) is 11.5 Å². The SMILES string of the molecule is Cc1ccc(C)c(OCC(=O)NNC(=O)C(C)Oc2ccc3ccccc3c2)c1. The van der Waals surface area contributed by atoms with E-state index in [-0.39, 0.29) is 6.61 Å². The Morgan fingerprint density at radius 3 is 2.48 bits per heavy atom. The zero-order valence-electron chi connectivity index (χ0n) is 16.7. The highest BCUT2D eigenvalue weighted by molar-refractivity contribution is 5.86. The van der Waals surface area contributed by atoms with Crippen LogP contribution < -0.4 is 20.3 Å². The molecule has 0 spiro atoms. The van der Waals surface area contributed by atoms with E-state index in [2.05, 4.69) is 10.9 Å². The smallest absolute Gasteiger partial charge is 0.279 e. The lowest BCUT2D eigenvalue weighted by Gasteiger charge is -2.16. The number of ether oxygens (including phenoxy) is 2. The van der Waals surface area contributed by atoms with Crippen LogP contribution in [0.4, 0.5) is 0 Å². The van der Waals surface area contributed by atoms with Gasteiger partial charge in [-0.3, -0.25) is 20.4 Å². The summed E-state index contributed by atoms with van der Waals surface area (Å²) in [4.78, 5) is 24.1. The Labute approximate surface area is 169 Å². The second-order valence-electron chi connectivity index (χ2n) is 6.86. The Balaban J connectivity index is 1.47. The van der Waals surface area contributed by atoms with E-state index in [4.69, 9.17) is 9.47 Å². The van der Waals surface area contributed by atoms with Crippen LogP contribution in [0.5, 0.6) is 11.5 Å². The molecule has 6 nitrogen and oxygen atoms in total. The molecule has 0 bridgehead atoms. The zero-order valence-corrected chi connectivity index (χ0v) is 16.7. The summed E-state index contributed by atoms with van der Waals surface area (Å²) in [5.74, 6) is 0.297. The van der Waals surface area contributed by atoms with Gasteiger partial charge >= 0.3 is 0 Å². The number of carbonyl (C=O) groups is 2. The van der Waals surface area contributed by atoms with Crippen molar-refractivity contribution < 1.29 is 19.1 Å². The van der Waals surface area contributed by atoms with Gasteiger partial charge in [-0.15, -0.1) is 0 Å². The lowest BCUT2D eigenvalue weighted by Crippen LogP contribution is -2.48. The van der Waals surface area contributed by atoms with E-state index < -0.39 is 17.9 Å². The molecule has 0 aliphatic heterocycles. The zero-order chi connectivity index (χ0) is 20.8. The lowest BCUT2D eigenvalue weighted by molar-refractivity contribution is -0.133. The predicted molar refractivity (Wildman–Crippen MR) is 112 cm³/mol. The molecule has 0 aliphatic carbocycles. The van der Waals surface area contributed by atoms with Crippen LogP contribution in [0.15, 0.2) is 60.7 Å². The van der Waals surface area contributed by atoms with Crippen LogP contribution in [-0.2, 0) is 9.59 Å². The molecule has 150 valence electrons. The van der Waals surface area contributed by atoms with Gasteiger partial charge in [0, 0.05) is 0 Å². The minimum Gasteiger partial charge on any atom is -0.483 e.